The first kappa shape index (κ1) is 45.3. The van der Waals surface area contributed by atoms with Gasteiger partial charge in [-0.15, -0.1) is 22.7 Å². The highest BCUT2D eigenvalue weighted by molar-refractivity contribution is 7.27. The Morgan fingerprint density at radius 2 is 1.07 bits per heavy atom. The molecule has 6 heteroatoms. The van der Waals surface area contributed by atoms with E-state index in [9.17, 15) is 0 Å². The van der Waals surface area contributed by atoms with E-state index in [2.05, 4.69) is 265 Å². The molecule has 0 saturated carbocycles. The summed E-state index contributed by atoms with van der Waals surface area (Å²) in [4.78, 5) is 6.44. The number of nitrogens with zero attached hydrogens (tertiary/aromatic N) is 3. The number of anilines is 6. The summed E-state index contributed by atoms with van der Waals surface area (Å²) in [6.07, 6.45) is 0. The molecule has 0 aliphatic carbocycles. The molecule has 5 heterocycles. The smallest absolute Gasteiger partial charge is 0.333 e. The van der Waals surface area contributed by atoms with Gasteiger partial charge in [0.15, 0.2) is 0 Å². The molecule has 0 atom stereocenters. The van der Waals surface area contributed by atoms with Gasteiger partial charge in [-0.05, 0) is 122 Å². The maximum Gasteiger partial charge on any atom is 0.333 e. The second kappa shape index (κ2) is 16.1. The number of thiophene rings is 2. The molecule has 0 saturated heterocycles. The lowest BCUT2D eigenvalue weighted by molar-refractivity contribution is 0.590. The van der Waals surface area contributed by atoms with Crippen LogP contribution in [0.25, 0.3) is 73.6 Å². The Bertz CT molecular complexity index is 4190. The van der Waals surface area contributed by atoms with Gasteiger partial charge in [-0.1, -0.05) is 184 Å². The second-order valence-electron chi connectivity index (χ2n) is 23.8. The molecule has 12 aromatic rings. The largest absolute Gasteiger partial charge is 0.367 e. The topological polar surface area (TPSA) is 11.4 Å². The van der Waals surface area contributed by atoms with Crippen LogP contribution in [-0.2, 0) is 16.2 Å². The van der Waals surface area contributed by atoms with Crippen LogP contribution < -0.4 is 20.7 Å². The quantitative estimate of drug-likeness (QED) is 0.159. The molecule has 0 radical (unpaired) electrons. The van der Waals surface area contributed by atoms with Gasteiger partial charge in [0.05, 0.1) is 4.83 Å². The lowest BCUT2D eigenvalue weighted by atomic mass is 9.45. The number of hydrogen-bond donors (Lipinski definition) is 0. The Balaban J connectivity index is 1.11. The number of para-hydroxylation sites is 1. The first-order valence-corrected chi connectivity index (χ1v) is 27.8. The molecule has 14 rings (SSSR count). The summed E-state index contributed by atoms with van der Waals surface area (Å²) in [7, 11) is 0. The van der Waals surface area contributed by atoms with Crippen molar-refractivity contribution in [3.8, 4) is 22.3 Å². The summed E-state index contributed by atoms with van der Waals surface area (Å²) in [5.74, 6) is 0. The lowest BCUT2D eigenvalue weighted by Crippen LogP contribution is -2.56. The zero-order chi connectivity index (χ0) is 50.6. The predicted octanol–water partition coefficient (Wildman–Crippen LogP) is 18.8. The maximum absolute atomic E-state index is 2.75. The summed E-state index contributed by atoms with van der Waals surface area (Å²) in [5.41, 5.74) is 20.0. The van der Waals surface area contributed by atoms with Gasteiger partial charge < -0.3 is 14.3 Å². The molecular formula is C68H58BN3S2. The van der Waals surface area contributed by atoms with Crippen molar-refractivity contribution >= 4 is 126 Å². The average Bonchev–Trinajstić information content (AvgIpc) is 4.08. The van der Waals surface area contributed by atoms with Gasteiger partial charge in [-0.2, -0.15) is 0 Å². The van der Waals surface area contributed by atoms with Crippen LogP contribution in [-0.4, -0.2) is 11.3 Å². The van der Waals surface area contributed by atoms with E-state index in [1.807, 2.05) is 22.7 Å². The fraction of sp³-hybridized carbons (Fsp3) is 0.176. The minimum atomic E-state index is -0.0918. The number of hydrogen-bond acceptors (Lipinski definition) is 4. The summed E-state index contributed by atoms with van der Waals surface area (Å²) in [5, 5.41) is 6.63. The molecule has 3 nitrogen and oxygen atoms in total. The van der Waals surface area contributed by atoms with Gasteiger partial charge in [0.2, 0.25) is 0 Å². The minimum Gasteiger partial charge on any atom is -0.367 e. The van der Waals surface area contributed by atoms with Crippen LogP contribution in [0.2, 0.25) is 0 Å². The fourth-order valence-electron chi connectivity index (χ4n) is 12.4. The third kappa shape index (κ3) is 6.77. The molecule has 360 valence electrons. The van der Waals surface area contributed by atoms with Crippen LogP contribution >= 0.6 is 22.7 Å². The number of aromatic nitrogens is 1. The van der Waals surface area contributed by atoms with Crippen molar-refractivity contribution in [3.63, 3.8) is 0 Å². The number of fused-ring (bicyclic) bond motifs is 13. The van der Waals surface area contributed by atoms with E-state index < -0.39 is 0 Å². The Morgan fingerprint density at radius 3 is 1.73 bits per heavy atom. The molecule has 9 aromatic carbocycles. The van der Waals surface area contributed by atoms with Crippen molar-refractivity contribution in [3.05, 3.63) is 205 Å². The minimum absolute atomic E-state index is 0.0267. The van der Waals surface area contributed by atoms with E-state index in [0.717, 1.165) is 22.7 Å². The molecule has 0 N–H and O–H groups in total. The Morgan fingerprint density at radius 1 is 0.459 bits per heavy atom. The number of benzene rings is 9. The first-order chi connectivity index (χ1) is 35.6. The van der Waals surface area contributed by atoms with Gasteiger partial charge >= 0.3 is 6.85 Å². The Kier molecular flexibility index (Phi) is 9.82. The normalized spacial score (nSPS) is 13.4. The highest BCUT2D eigenvalue weighted by Crippen LogP contribution is 2.53. The summed E-state index contributed by atoms with van der Waals surface area (Å²) in [6.45, 7) is 20.7. The maximum atomic E-state index is 2.75. The van der Waals surface area contributed by atoms with Crippen molar-refractivity contribution in [1.82, 2.24) is 4.48 Å². The van der Waals surface area contributed by atoms with Gasteiger partial charge in [0, 0.05) is 91.8 Å². The van der Waals surface area contributed by atoms with E-state index in [1.54, 1.807) is 0 Å². The van der Waals surface area contributed by atoms with Crippen LogP contribution in [0.5, 0.6) is 0 Å². The zero-order valence-electron chi connectivity index (χ0n) is 43.6. The first-order valence-electron chi connectivity index (χ1n) is 26.2. The SMILES string of the molecule is CC(C)(C)c1ccc(N(c2ccc(C(C)(C)C)cc2)c2ccc3c(c2)N(c2ccc(C(C)(C)C)c(-c4ccccc4)c2)c2cc4c(sc5ccccc54)c4c2B3n2c3sc5ccccc5c3c3cccc-4c32)cc1. The highest BCUT2D eigenvalue weighted by atomic mass is 32.1. The molecule has 0 unspecified atom stereocenters. The monoisotopic (exact) mass is 991 g/mol. The van der Waals surface area contributed by atoms with Crippen molar-refractivity contribution in [1.29, 1.82) is 0 Å². The van der Waals surface area contributed by atoms with Crippen LogP contribution in [0.4, 0.5) is 34.1 Å². The van der Waals surface area contributed by atoms with Gasteiger partial charge in [-0.3, -0.25) is 0 Å². The molecule has 0 bridgehead atoms. The molecule has 0 spiro atoms. The molecule has 2 aliphatic rings. The molecule has 0 amide bonds. The van der Waals surface area contributed by atoms with Crippen LogP contribution in [0.3, 0.4) is 0 Å². The van der Waals surface area contributed by atoms with Gasteiger partial charge in [0.1, 0.15) is 0 Å². The van der Waals surface area contributed by atoms with Crippen LogP contribution in [0.15, 0.2) is 188 Å². The lowest BCUT2D eigenvalue weighted by Gasteiger charge is -2.41. The van der Waals surface area contributed by atoms with E-state index in [0.29, 0.717) is 0 Å². The van der Waals surface area contributed by atoms with Crippen molar-refractivity contribution in [2.45, 2.75) is 78.6 Å². The van der Waals surface area contributed by atoms with Crippen molar-refractivity contribution in [2.24, 2.45) is 0 Å². The molecule has 2 aliphatic heterocycles. The average molecular weight is 992 g/mol. The van der Waals surface area contributed by atoms with Crippen molar-refractivity contribution in [2.75, 3.05) is 9.80 Å². The highest BCUT2D eigenvalue weighted by Gasteiger charge is 2.45. The van der Waals surface area contributed by atoms with Crippen molar-refractivity contribution < 1.29 is 0 Å². The van der Waals surface area contributed by atoms with E-state index in [4.69, 9.17) is 0 Å². The third-order valence-electron chi connectivity index (χ3n) is 16.0. The second-order valence-corrected chi connectivity index (χ2v) is 25.8. The summed E-state index contributed by atoms with van der Waals surface area (Å²) < 4.78 is 6.75. The van der Waals surface area contributed by atoms with E-state index in [1.165, 1.54) is 113 Å². The van der Waals surface area contributed by atoms with Crippen LogP contribution in [0, 0.1) is 0 Å². The molecule has 3 aromatic heterocycles. The Labute approximate surface area is 443 Å². The molecule has 74 heavy (non-hydrogen) atoms. The fourth-order valence-corrected chi connectivity index (χ4v) is 14.9. The zero-order valence-corrected chi connectivity index (χ0v) is 45.3. The Hall–Kier alpha value is -7.38. The summed E-state index contributed by atoms with van der Waals surface area (Å²) in [6, 6.07) is 72.0. The van der Waals surface area contributed by atoms with Crippen LogP contribution in [0.1, 0.15) is 79.0 Å². The van der Waals surface area contributed by atoms with E-state index >= 15 is 0 Å². The summed E-state index contributed by atoms with van der Waals surface area (Å²) >= 11 is 3.89. The molecule has 0 fully saturated rings. The van der Waals surface area contributed by atoms with Gasteiger partial charge in [0.25, 0.3) is 0 Å². The molecular weight excluding hydrogens is 934 g/mol. The number of rotatable bonds is 5. The third-order valence-corrected chi connectivity index (χ3v) is 18.4. The van der Waals surface area contributed by atoms with Gasteiger partial charge in [-0.25, -0.2) is 0 Å². The standard InChI is InChI=1S/C68H58BN3S2/c1-66(2,3)42-26-30-44(31-27-42)70(45-32-28-43(29-33-45)67(4,5)6)47-35-37-55-56(39-47)71(46-34-36-54(68(7,8)9)52(38-46)41-18-11-10-12-19-41)57-40-53-48-20-13-15-24-58(48)73-64(53)61-51-23-17-22-50-60-49-21-14-16-25-59(49)74-65(60)72(63(50)51)69(55)62(57)61/h10-40H,1-9H3. The van der Waals surface area contributed by atoms with E-state index in [-0.39, 0.29) is 23.1 Å². The predicted molar refractivity (Wildman–Crippen MR) is 324 cm³/mol.